The van der Waals surface area contributed by atoms with Crippen molar-refractivity contribution in [2.45, 2.75) is 25.9 Å². The van der Waals surface area contributed by atoms with Crippen LogP contribution in [0.2, 0.25) is 0 Å². The number of nitrogens with zero attached hydrogens (tertiary/aromatic N) is 1. The van der Waals surface area contributed by atoms with Crippen molar-refractivity contribution in [3.8, 4) is 0 Å². The number of hydrogen-bond acceptors (Lipinski definition) is 3. The first-order valence-electron chi connectivity index (χ1n) is 7.14. The fraction of sp³-hybridized carbons (Fsp3) is 0.562. The van der Waals surface area contributed by atoms with Crippen LogP contribution in [0.25, 0.3) is 0 Å². The molecule has 3 nitrogen and oxygen atoms in total. The first-order chi connectivity index (χ1) is 9.60. The van der Waals surface area contributed by atoms with Crippen molar-refractivity contribution >= 4 is 21.7 Å². The maximum atomic E-state index is 12.2. The first-order valence-corrected chi connectivity index (χ1v) is 7.93. The minimum atomic E-state index is 0.207. The third-order valence-electron chi connectivity index (χ3n) is 4.08. The topological polar surface area (TPSA) is 29.5 Å². The molecule has 0 aliphatic carbocycles. The van der Waals surface area contributed by atoms with E-state index in [0.29, 0.717) is 18.4 Å². The van der Waals surface area contributed by atoms with Crippen molar-refractivity contribution < 1.29 is 9.53 Å². The van der Waals surface area contributed by atoms with Crippen LogP contribution in [0.15, 0.2) is 28.7 Å². The van der Waals surface area contributed by atoms with E-state index in [1.54, 1.807) is 7.11 Å². The molecular formula is C16H22BrNO2. The predicted molar refractivity (Wildman–Crippen MR) is 84.1 cm³/mol. The number of ether oxygens (including phenoxy) is 1. The summed E-state index contributed by atoms with van der Waals surface area (Å²) in [6.07, 6.45) is 2.01. The number of rotatable bonds is 5. The van der Waals surface area contributed by atoms with Crippen LogP contribution in [0, 0.1) is 5.92 Å². The van der Waals surface area contributed by atoms with Gasteiger partial charge in [-0.05, 0) is 31.0 Å². The lowest BCUT2D eigenvalue weighted by molar-refractivity contribution is -0.00479. The molecule has 0 bridgehead atoms. The Labute approximate surface area is 129 Å². The monoisotopic (exact) mass is 339 g/mol. The van der Waals surface area contributed by atoms with E-state index in [1.165, 1.54) is 0 Å². The lowest BCUT2D eigenvalue weighted by Gasteiger charge is -2.36. The Balaban J connectivity index is 1.84. The van der Waals surface area contributed by atoms with Crippen LogP contribution in [0.1, 0.15) is 30.1 Å². The molecule has 1 aromatic rings. The summed E-state index contributed by atoms with van der Waals surface area (Å²) in [5.41, 5.74) is 0.785. The third-order valence-corrected chi connectivity index (χ3v) is 4.57. The molecule has 1 aliphatic heterocycles. The Hall–Kier alpha value is -0.710. The highest BCUT2D eigenvalue weighted by molar-refractivity contribution is 9.10. The molecule has 2 rings (SSSR count). The summed E-state index contributed by atoms with van der Waals surface area (Å²) >= 11 is 3.40. The Morgan fingerprint density at radius 3 is 3.00 bits per heavy atom. The van der Waals surface area contributed by atoms with Gasteiger partial charge in [-0.1, -0.05) is 35.0 Å². The lowest BCUT2D eigenvalue weighted by Crippen LogP contribution is -2.44. The Kier molecular flexibility index (Phi) is 5.75. The fourth-order valence-electron chi connectivity index (χ4n) is 2.67. The summed E-state index contributed by atoms with van der Waals surface area (Å²) in [6.45, 7) is 5.05. The van der Waals surface area contributed by atoms with Crippen molar-refractivity contribution in [1.82, 2.24) is 4.90 Å². The number of benzene rings is 1. The summed E-state index contributed by atoms with van der Waals surface area (Å²) in [5, 5.41) is 0. The van der Waals surface area contributed by atoms with E-state index in [1.807, 2.05) is 24.3 Å². The zero-order chi connectivity index (χ0) is 14.5. The van der Waals surface area contributed by atoms with E-state index >= 15 is 0 Å². The highest BCUT2D eigenvalue weighted by Gasteiger charge is 2.26. The first kappa shape index (κ1) is 15.7. The Bertz CT molecular complexity index is 464. The lowest BCUT2D eigenvalue weighted by atomic mass is 9.95. The summed E-state index contributed by atoms with van der Waals surface area (Å²) in [5.74, 6) is 0.816. The van der Waals surface area contributed by atoms with Gasteiger partial charge >= 0.3 is 0 Å². The predicted octanol–water partition coefficient (Wildman–Crippen LogP) is 3.38. The molecule has 2 atom stereocenters. The zero-order valence-corrected chi connectivity index (χ0v) is 13.7. The molecule has 0 amide bonds. The largest absolute Gasteiger partial charge is 0.380 e. The van der Waals surface area contributed by atoms with Crippen LogP contribution in [0.3, 0.4) is 0 Å². The van der Waals surface area contributed by atoms with Gasteiger partial charge in [0.1, 0.15) is 0 Å². The van der Waals surface area contributed by atoms with E-state index in [4.69, 9.17) is 4.74 Å². The van der Waals surface area contributed by atoms with Gasteiger partial charge in [-0.15, -0.1) is 0 Å². The van der Waals surface area contributed by atoms with Crippen LogP contribution in [0.5, 0.6) is 0 Å². The molecular weight excluding hydrogens is 318 g/mol. The van der Waals surface area contributed by atoms with Gasteiger partial charge in [0.15, 0.2) is 5.78 Å². The van der Waals surface area contributed by atoms with Crippen LogP contribution in [-0.2, 0) is 4.74 Å². The van der Waals surface area contributed by atoms with Gasteiger partial charge in [-0.25, -0.2) is 0 Å². The Morgan fingerprint density at radius 1 is 1.50 bits per heavy atom. The van der Waals surface area contributed by atoms with E-state index in [0.717, 1.165) is 36.1 Å². The number of hydrogen-bond donors (Lipinski definition) is 0. The molecule has 0 N–H and O–H groups in total. The minimum absolute atomic E-state index is 0.207. The second-order valence-electron chi connectivity index (χ2n) is 5.52. The number of piperidine rings is 1. The van der Waals surface area contributed by atoms with Crippen molar-refractivity contribution in [1.29, 1.82) is 0 Å². The minimum Gasteiger partial charge on any atom is -0.380 e. The molecule has 1 saturated heterocycles. The smallest absolute Gasteiger partial charge is 0.164 e. The van der Waals surface area contributed by atoms with Crippen LogP contribution in [0.4, 0.5) is 0 Å². The van der Waals surface area contributed by atoms with Crippen LogP contribution in [-0.4, -0.2) is 43.5 Å². The van der Waals surface area contributed by atoms with Crippen molar-refractivity contribution in [3.63, 3.8) is 0 Å². The number of carbonyl (C=O) groups is 1. The molecule has 0 spiro atoms. The van der Waals surface area contributed by atoms with E-state index in [9.17, 15) is 4.79 Å². The average Bonchev–Trinajstić information content (AvgIpc) is 2.46. The van der Waals surface area contributed by atoms with Crippen LogP contribution < -0.4 is 0 Å². The van der Waals surface area contributed by atoms with E-state index < -0.39 is 0 Å². The number of halogens is 1. The Morgan fingerprint density at radius 2 is 2.30 bits per heavy atom. The van der Waals surface area contributed by atoms with E-state index in [-0.39, 0.29) is 5.78 Å². The van der Waals surface area contributed by atoms with Gasteiger partial charge in [-0.2, -0.15) is 0 Å². The maximum absolute atomic E-state index is 12.2. The second-order valence-corrected chi connectivity index (χ2v) is 6.44. The fourth-order valence-corrected chi connectivity index (χ4v) is 3.07. The van der Waals surface area contributed by atoms with Gasteiger partial charge in [-0.3, -0.25) is 4.79 Å². The van der Waals surface area contributed by atoms with Crippen molar-refractivity contribution in [3.05, 3.63) is 34.3 Å². The number of likely N-dealkylation sites (tertiary alicyclic amines) is 1. The number of ketones is 1. The van der Waals surface area contributed by atoms with Crippen molar-refractivity contribution in [2.75, 3.05) is 26.7 Å². The molecule has 0 aromatic heterocycles. The quantitative estimate of drug-likeness (QED) is 0.770. The molecule has 1 heterocycles. The van der Waals surface area contributed by atoms with Crippen molar-refractivity contribution in [2.24, 2.45) is 5.92 Å². The molecule has 1 aliphatic rings. The zero-order valence-electron chi connectivity index (χ0n) is 12.1. The summed E-state index contributed by atoms with van der Waals surface area (Å²) in [7, 11) is 1.78. The molecule has 1 fully saturated rings. The molecule has 110 valence electrons. The molecule has 2 unspecified atom stereocenters. The molecule has 1 aromatic carbocycles. The number of Topliss-reactive ketones (excluding diaryl/α,β-unsaturated/α-hetero) is 1. The highest BCUT2D eigenvalue weighted by Crippen LogP contribution is 2.20. The van der Waals surface area contributed by atoms with Gasteiger partial charge < -0.3 is 9.64 Å². The van der Waals surface area contributed by atoms with Gasteiger partial charge in [0.2, 0.25) is 0 Å². The normalized spacial score (nSPS) is 23.8. The highest BCUT2D eigenvalue weighted by atomic mass is 79.9. The van der Waals surface area contributed by atoms with Gasteiger partial charge in [0.05, 0.1) is 6.10 Å². The third kappa shape index (κ3) is 4.14. The van der Waals surface area contributed by atoms with Crippen LogP contribution >= 0.6 is 15.9 Å². The molecule has 4 heteroatoms. The SMILES string of the molecule is COC1CN(CCC(=O)c2cccc(Br)c2)CCC1C. The number of methoxy groups -OCH3 is 1. The second kappa shape index (κ2) is 7.34. The molecule has 0 radical (unpaired) electrons. The summed E-state index contributed by atoms with van der Waals surface area (Å²) in [4.78, 5) is 14.5. The van der Waals surface area contributed by atoms with E-state index in [2.05, 4.69) is 27.8 Å². The van der Waals surface area contributed by atoms with Gasteiger partial charge in [0.25, 0.3) is 0 Å². The molecule has 0 saturated carbocycles. The summed E-state index contributed by atoms with van der Waals surface area (Å²) in [6, 6.07) is 7.61. The number of carbonyl (C=O) groups excluding carboxylic acids is 1. The maximum Gasteiger partial charge on any atom is 0.164 e. The average molecular weight is 340 g/mol. The molecule has 20 heavy (non-hydrogen) atoms. The standard InChI is InChI=1S/C16H22BrNO2/c1-12-6-8-18(11-16(12)20-2)9-7-15(19)13-4-3-5-14(17)10-13/h3-5,10,12,16H,6-9,11H2,1-2H3. The summed E-state index contributed by atoms with van der Waals surface area (Å²) < 4.78 is 6.46. The van der Waals surface area contributed by atoms with Gasteiger partial charge in [0, 0.05) is 36.7 Å².